The predicted octanol–water partition coefficient (Wildman–Crippen LogP) is 2.94. The van der Waals surface area contributed by atoms with E-state index in [1.54, 1.807) is 4.90 Å². The van der Waals surface area contributed by atoms with E-state index in [4.69, 9.17) is 0 Å². The van der Waals surface area contributed by atoms with Crippen LogP contribution in [0.3, 0.4) is 0 Å². The van der Waals surface area contributed by atoms with E-state index in [0.717, 1.165) is 18.3 Å². The molecule has 1 atom stereocenters. The molecule has 1 aromatic carbocycles. The van der Waals surface area contributed by atoms with Crippen molar-refractivity contribution in [3.63, 3.8) is 0 Å². The van der Waals surface area contributed by atoms with Crippen molar-refractivity contribution < 1.29 is 26.0 Å². The van der Waals surface area contributed by atoms with Crippen LogP contribution in [0.15, 0.2) is 42.6 Å². The Hall–Kier alpha value is -2.20. The normalized spacial score (nSPS) is 18.1. The number of nitrogens with zero attached hydrogens (tertiary/aromatic N) is 2. The number of hydrogen-bond donors (Lipinski definition) is 1. The first-order chi connectivity index (χ1) is 12.6. The zero-order chi connectivity index (χ0) is 19.7. The van der Waals surface area contributed by atoms with Crippen LogP contribution in [0.4, 0.5) is 23.4 Å². The minimum Gasteiger partial charge on any atom is -0.355 e. The summed E-state index contributed by atoms with van der Waals surface area (Å²) < 4.78 is 78.1. The highest BCUT2D eigenvalue weighted by Gasteiger charge is 2.32. The molecule has 0 radical (unpaired) electrons. The van der Waals surface area contributed by atoms with Crippen molar-refractivity contribution in [1.29, 1.82) is 0 Å². The highest BCUT2D eigenvalue weighted by atomic mass is 32.2. The SMILES string of the molecule is O=S(=O)(Cc1cccc(F)c1)NC1CCN(c2ccc(C(F)(F)F)cn2)C1. The third-order valence-electron chi connectivity index (χ3n) is 4.18. The van der Waals surface area contributed by atoms with Gasteiger partial charge in [-0.15, -0.1) is 0 Å². The van der Waals surface area contributed by atoms with Crippen LogP contribution in [0, 0.1) is 5.82 Å². The molecule has 1 N–H and O–H groups in total. The number of rotatable bonds is 5. The van der Waals surface area contributed by atoms with Crippen molar-refractivity contribution in [1.82, 2.24) is 9.71 Å². The smallest absolute Gasteiger partial charge is 0.355 e. The molecule has 1 saturated heterocycles. The van der Waals surface area contributed by atoms with E-state index in [1.165, 1.54) is 24.3 Å². The van der Waals surface area contributed by atoms with E-state index in [0.29, 0.717) is 30.9 Å². The Morgan fingerprint density at radius 1 is 1.22 bits per heavy atom. The first-order valence-corrected chi connectivity index (χ1v) is 9.80. The van der Waals surface area contributed by atoms with Gasteiger partial charge in [0.2, 0.25) is 10.0 Å². The molecule has 0 saturated carbocycles. The summed E-state index contributed by atoms with van der Waals surface area (Å²) >= 11 is 0. The van der Waals surface area contributed by atoms with E-state index < -0.39 is 33.6 Å². The van der Waals surface area contributed by atoms with Crippen LogP contribution in [0.5, 0.6) is 0 Å². The van der Waals surface area contributed by atoms with E-state index >= 15 is 0 Å². The Kier molecular flexibility index (Phi) is 5.38. The number of aromatic nitrogens is 1. The third kappa shape index (κ3) is 5.16. The summed E-state index contributed by atoms with van der Waals surface area (Å²) in [5.74, 6) is -0.502. The van der Waals surface area contributed by atoms with E-state index in [2.05, 4.69) is 9.71 Å². The summed E-state index contributed by atoms with van der Waals surface area (Å²) in [6, 6.07) is 7.17. The van der Waals surface area contributed by atoms with Crippen molar-refractivity contribution in [2.24, 2.45) is 0 Å². The second-order valence-electron chi connectivity index (χ2n) is 6.34. The number of hydrogen-bond acceptors (Lipinski definition) is 4. The number of anilines is 1. The van der Waals surface area contributed by atoms with Crippen LogP contribution in [0.25, 0.3) is 0 Å². The molecule has 0 spiro atoms. The lowest BCUT2D eigenvalue weighted by Gasteiger charge is -2.18. The summed E-state index contributed by atoms with van der Waals surface area (Å²) in [4.78, 5) is 5.54. The average molecular weight is 403 g/mol. The molecule has 10 heteroatoms. The molecule has 1 aromatic heterocycles. The number of sulfonamides is 1. The minimum atomic E-state index is -4.45. The standard InChI is InChI=1S/C17H17F4N3O2S/c18-14-3-1-2-12(8-14)11-27(25,26)23-15-6-7-24(10-15)16-5-4-13(9-22-16)17(19,20)21/h1-5,8-9,15,23H,6-7,10-11H2. The molecule has 0 bridgehead atoms. The molecule has 2 aromatic rings. The average Bonchev–Trinajstić information content (AvgIpc) is 3.01. The lowest BCUT2D eigenvalue weighted by molar-refractivity contribution is -0.137. The summed E-state index contributed by atoms with van der Waals surface area (Å²) in [6.45, 7) is 0.756. The summed E-state index contributed by atoms with van der Waals surface area (Å²) in [5.41, 5.74) is -0.500. The van der Waals surface area contributed by atoms with E-state index in [9.17, 15) is 26.0 Å². The van der Waals surface area contributed by atoms with Gasteiger partial charge in [-0.25, -0.2) is 22.5 Å². The van der Waals surface area contributed by atoms with Crippen molar-refractivity contribution in [3.8, 4) is 0 Å². The topological polar surface area (TPSA) is 62.3 Å². The molecule has 1 aliphatic rings. The predicted molar refractivity (Wildman–Crippen MR) is 92.0 cm³/mol. The maximum absolute atomic E-state index is 13.2. The van der Waals surface area contributed by atoms with Crippen LogP contribution in [0.1, 0.15) is 17.5 Å². The number of halogens is 4. The summed E-state index contributed by atoms with van der Waals surface area (Å²) in [6.07, 6.45) is -3.20. The van der Waals surface area contributed by atoms with Gasteiger partial charge < -0.3 is 4.90 Å². The van der Waals surface area contributed by atoms with Gasteiger partial charge >= 0.3 is 6.18 Å². The molecular formula is C17H17F4N3O2S. The Balaban J connectivity index is 1.60. The second kappa shape index (κ2) is 7.43. The van der Waals surface area contributed by atoms with Gasteiger partial charge in [0, 0.05) is 25.3 Å². The summed E-state index contributed by atoms with van der Waals surface area (Å²) in [5, 5.41) is 0. The fraction of sp³-hybridized carbons (Fsp3) is 0.353. The van der Waals surface area contributed by atoms with Crippen LogP contribution in [-0.4, -0.2) is 32.5 Å². The highest BCUT2D eigenvalue weighted by molar-refractivity contribution is 7.88. The van der Waals surface area contributed by atoms with Crippen molar-refractivity contribution in [2.45, 2.75) is 24.4 Å². The largest absolute Gasteiger partial charge is 0.417 e. The quantitative estimate of drug-likeness (QED) is 0.780. The molecule has 1 aliphatic heterocycles. The van der Waals surface area contributed by atoms with Crippen LogP contribution >= 0.6 is 0 Å². The Labute approximate surface area is 154 Å². The fourth-order valence-electron chi connectivity index (χ4n) is 2.95. The van der Waals surface area contributed by atoms with Gasteiger partial charge in [0.1, 0.15) is 11.6 Å². The Morgan fingerprint density at radius 2 is 2.00 bits per heavy atom. The molecule has 3 rings (SSSR count). The molecule has 0 amide bonds. The Morgan fingerprint density at radius 3 is 2.63 bits per heavy atom. The monoisotopic (exact) mass is 403 g/mol. The highest BCUT2D eigenvalue weighted by Crippen LogP contribution is 2.30. The van der Waals surface area contributed by atoms with Crippen LogP contribution < -0.4 is 9.62 Å². The molecule has 1 unspecified atom stereocenters. The number of pyridine rings is 1. The second-order valence-corrected chi connectivity index (χ2v) is 8.10. The summed E-state index contributed by atoms with van der Waals surface area (Å²) in [7, 11) is -3.68. The minimum absolute atomic E-state index is 0.292. The molecule has 146 valence electrons. The Bertz CT molecular complexity index is 901. The van der Waals surface area contributed by atoms with E-state index in [-0.39, 0.29) is 5.75 Å². The zero-order valence-corrected chi connectivity index (χ0v) is 14.9. The molecule has 5 nitrogen and oxygen atoms in total. The number of alkyl halides is 3. The van der Waals surface area contributed by atoms with Gasteiger partial charge in [-0.1, -0.05) is 12.1 Å². The molecular weight excluding hydrogens is 386 g/mol. The zero-order valence-electron chi connectivity index (χ0n) is 14.1. The molecule has 1 fully saturated rings. The molecule has 2 heterocycles. The van der Waals surface area contributed by atoms with Crippen molar-refractivity contribution in [2.75, 3.05) is 18.0 Å². The third-order valence-corrected chi connectivity index (χ3v) is 5.59. The number of benzene rings is 1. The first kappa shape index (κ1) is 19.6. The maximum atomic E-state index is 13.2. The lowest BCUT2D eigenvalue weighted by atomic mass is 10.2. The van der Waals surface area contributed by atoms with E-state index in [1.807, 2.05) is 0 Å². The van der Waals surface area contributed by atoms with Gasteiger partial charge in [0.05, 0.1) is 11.3 Å². The van der Waals surface area contributed by atoms with Gasteiger partial charge in [0.25, 0.3) is 0 Å². The van der Waals surface area contributed by atoms with Gasteiger partial charge in [-0.05, 0) is 36.2 Å². The lowest BCUT2D eigenvalue weighted by Crippen LogP contribution is -2.37. The first-order valence-electron chi connectivity index (χ1n) is 8.15. The maximum Gasteiger partial charge on any atom is 0.417 e. The molecule has 27 heavy (non-hydrogen) atoms. The van der Waals surface area contributed by atoms with Crippen LogP contribution in [-0.2, 0) is 22.0 Å². The van der Waals surface area contributed by atoms with Gasteiger partial charge in [-0.2, -0.15) is 13.2 Å². The van der Waals surface area contributed by atoms with Crippen molar-refractivity contribution in [3.05, 3.63) is 59.5 Å². The van der Waals surface area contributed by atoms with Gasteiger partial charge in [-0.3, -0.25) is 0 Å². The molecule has 0 aliphatic carbocycles. The van der Waals surface area contributed by atoms with Crippen LogP contribution in [0.2, 0.25) is 0 Å². The van der Waals surface area contributed by atoms with Gasteiger partial charge in [0.15, 0.2) is 0 Å². The number of nitrogens with one attached hydrogen (secondary N) is 1. The fourth-order valence-corrected chi connectivity index (χ4v) is 4.35. The van der Waals surface area contributed by atoms with Crippen molar-refractivity contribution >= 4 is 15.8 Å².